The van der Waals surface area contributed by atoms with Crippen LogP contribution < -0.4 is 10.3 Å². The Bertz CT molecular complexity index is 1100. The first-order chi connectivity index (χ1) is 12.2. The van der Waals surface area contributed by atoms with Gasteiger partial charge in [-0.3, -0.25) is 4.79 Å². The lowest BCUT2D eigenvalue weighted by atomic mass is 10.2. The van der Waals surface area contributed by atoms with Crippen LogP contribution in [0.3, 0.4) is 0 Å². The second-order valence-electron chi connectivity index (χ2n) is 5.52. The van der Waals surface area contributed by atoms with Crippen LogP contribution in [-0.2, 0) is 0 Å². The minimum Gasteiger partial charge on any atom is -0.457 e. The topological polar surface area (TPSA) is 55.0 Å². The first-order valence-electron chi connectivity index (χ1n) is 7.72. The number of hydrogen-bond donors (Lipinski definition) is 1. The molecule has 4 nitrogen and oxygen atoms in total. The van der Waals surface area contributed by atoms with Gasteiger partial charge in [0.2, 0.25) is 0 Å². The number of para-hydroxylation sites is 1. The van der Waals surface area contributed by atoms with Crippen LogP contribution in [0.5, 0.6) is 11.5 Å². The van der Waals surface area contributed by atoms with Crippen LogP contribution in [-0.4, -0.2) is 9.97 Å². The maximum Gasteiger partial charge on any atom is 0.259 e. The SMILES string of the molecule is O=c1[nH]c(-c2cccc(Oc3ccc(F)cc3)c2)nc2ccccc12. The third kappa shape index (κ3) is 3.12. The standard InChI is InChI=1S/C20H13FN2O2/c21-14-8-10-15(11-9-14)25-16-5-3-4-13(12-16)19-22-18-7-2-1-6-17(18)20(24)23-19/h1-12H,(H,22,23,24). The van der Waals surface area contributed by atoms with Crippen LogP contribution in [0.15, 0.2) is 77.6 Å². The Morgan fingerprint density at radius 1 is 0.880 bits per heavy atom. The number of hydrogen-bond acceptors (Lipinski definition) is 3. The number of ether oxygens (including phenoxy) is 1. The molecule has 0 bridgehead atoms. The van der Waals surface area contributed by atoms with Gasteiger partial charge in [0.1, 0.15) is 23.1 Å². The second kappa shape index (κ2) is 6.20. The molecule has 0 aliphatic rings. The van der Waals surface area contributed by atoms with Crippen molar-refractivity contribution in [2.24, 2.45) is 0 Å². The fourth-order valence-corrected chi connectivity index (χ4v) is 2.57. The van der Waals surface area contributed by atoms with Gasteiger partial charge in [-0.2, -0.15) is 0 Å². The number of H-pyrrole nitrogens is 1. The van der Waals surface area contributed by atoms with Crippen LogP contribution in [0.4, 0.5) is 4.39 Å². The Morgan fingerprint density at radius 3 is 2.52 bits per heavy atom. The molecule has 1 aromatic heterocycles. The largest absolute Gasteiger partial charge is 0.457 e. The van der Waals surface area contributed by atoms with Crippen molar-refractivity contribution in [3.63, 3.8) is 0 Å². The van der Waals surface area contributed by atoms with Gasteiger partial charge in [-0.1, -0.05) is 24.3 Å². The summed E-state index contributed by atoms with van der Waals surface area (Å²) in [5.74, 6) is 1.24. The summed E-state index contributed by atoms with van der Waals surface area (Å²) in [7, 11) is 0. The quantitative estimate of drug-likeness (QED) is 0.600. The minimum atomic E-state index is -0.320. The van der Waals surface area contributed by atoms with E-state index in [0.717, 1.165) is 5.56 Å². The lowest BCUT2D eigenvalue weighted by Crippen LogP contribution is -2.09. The number of halogens is 1. The fraction of sp³-hybridized carbons (Fsp3) is 0. The van der Waals surface area contributed by atoms with Crippen molar-refractivity contribution in [3.8, 4) is 22.9 Å². The zero-order valence-electron chi connectivity index (χ0n) is 13.1. The zero-order valence-corrected chi connectivity index (χ0v) is 13.1. The molecule has 0 fully saturated rings. The molecule has 0 aliphatic carbocycles. The third-order valence-corrected chi connectivity index (χ3v) is 3.77. The van der Waals surface area contributed by atoms with Gasteiger partial charge < -0.3 is 9.72 Å². The van der Waals surface area contributed by atoms with E-state index < -0.39 is 0 Å². The average molecular weight is 332 g/mol. The number of fused-ring (bicyclic) bond motifs is 1. The Morgan fingerprint density at radius 2 is 1.68 bits per heavy atom. The van der Waals surface area contributed by atoms with Crippen LogP contribution >= 0.6 is 0 Å². The molecule has 4 aromatic rings. The van der Waals surface area contributed by atoms with Crippen molar-refractivity contribution in [1.29, 1.82) is 0 Å². The van der Waals surface area contributed by atoms with Crippen molar-refractivity contribution in [1.82, 2.24) is 9.97 Å². The van der Waals surface area contributed by atoms with Gasteiger partial charge in [0.05, 0.1) is 10.9 Å². The van der Waals surface area contributed by atoms with Crippen molar-refractivity contribution >= 4 is 10.9 Å². The molecule has 1 N–H and O–H groups in total. The summed E-state index contributed by atoms with van der Waals surface area (Å²) in [6.07, 6.45) is 0. The van der Waals surface area contributed by atoms with E-state index in [1.54, 1.807) is 42.5 Å². The van der Waals surface area contributed by atoms with E-state index in [2.05, 4.69) is 9.97 Å². The lowest BCUT2D eigenvalue weighted by Gasteiger charge is -2.08. The highest BCUT2D eigenvalue weighted by Gasteiger charge is 2.07. The lowest BCUT2D eigenvalue weighted by molar-refractivity contribution is 0.481. The normalized spacial score (nSPS) is 10.8. The molecule has 0 radical (unpaired) electrons. The smallest absolute Gasteiger partial charge is 0.259 e. The van der Waals surface area contributed by atoms with E-state index in [1.165, 1.54) is 12.1 Å². The van der Waals surface area contributed by atoms with E-state index in [0.29, 0.717) is 28.2 Å². The number of aromatic nitrogens is 2. The number of nitrogens with one attached hydrogen (secondary N) is 1. The summed E-state index contributed by atoms with van der Waals surface area (Å²) in [6.45, 7) is 0. The molecule has 122 valence electrons. The molecule has 0 saturated heterocycles. The van der Waals surface area contributed by atoms with Gasteiger partial charge in [0.25, 0.3) is 5.56 Å². The monoisotopic (exact) mass is 332 g/mol. The molecule has 3 aromatic carbocycles. The maximum atomic E-state index is 13.0. The van der Waals surface area contributed by atoms with Crippen molar-refractivity contribution in [2.75, 3.05) is 0 Å². The molecule has 0 aliphatic heterocycles. The molecule has 0 unspecified atom stereocenters. The summed E-state index contributed by atoms with van der Waals surface area (Å²) < 4.78 is 18.7. The predicted octanol–water partition coefficient (Wildman–Crippen LogP) is 4.52. The van der Waals surface area contributed by atoms with Gasteiger partial charge in [0.15, 0.2) is 0 Å². The Labute approximate surface area is 142 Å². The summed E-state index contributed by atoms with van der Waals surface area (Å²) in [5, 5.41) is 0.546. The molecule has 25 heavy (non-hydrogen) atoms. The Kier molecular flexibility index (Phi) is 3.74. The minimum absolute atomic E-state index is 0.189. The third-order valence-electron chi connectivity index (χ3n) is 3.77. The molecule has 0 spiro atoms. The first-order valence-corrected chi connectivity index (χ1v) is 7.72. The Balaban J connectivity index is 1.72. The highest BCUT2D eigenvalue weighted by atomic mass is 19.1. The molecule has 1 heterocycles. The number of aromatic amines is 1. The summed E-state index contributed by atoms with van der Waals surface area (Å²) >= 11 is 0. The molecular weight excluding hydrogens is 319 g/mol. The highest BCUT2D eigenvalue weighted by Crippen LogP contribution is 2.26. The van der Waals surface area contributed by atoms with Crippen molar-refractivity contribution in [3.05, 3.63) is 89.0 Å². The van der Waals surface area contributed by atoms with Gasteiger partial charge in [-0.05, 0) is 48.5 Å². The van der Waals surface area contributed by atoms with Gasteiger partial charge in [-0.15, -0.1) is 0 Å². The van der Waals surface area contributed by atoms with E-state index in [1.807, 2.05) is 18.2 Å². The summed E-state index contributed by atoms with van der Waals surface area (Å²) in [5.41, 5.74) is 1.17. The van der Waals surface area contributed by atoms with Crippen molar-refractivity contribution in [2.45, 2.75) is 0 Å². The molecule has 4 rings (SSSR count). The van der Waals surface area contributed by atoms with Crippen molar-refractivity contribution < 1.29 is 9.13 Å². The predicted molar refractivity (Wildman–Crippen MR) is 94.3 cm³/mol. The average Bonchev–Trinajstić information content (AvgIpc) is 2.64. The second-order valence-corrected chi connectivity index (χ2v) is 5.52. The molecule has 0 amide bonds. The molecule has 0 saturated carbocycles. The van der Waals surface area contributed by atoms with Gasteiger partial charge in [-0.25, -0.2) is 9.37 Å². The van der Waals surface area contributed by atoms with Crippen LogP contribution in [0, 0.1) is 5.82 Å². The fourth-order valence-electron chi connectivity index (χ4n) is 2.57. The van der Waals surface area contributed by atoms with E-state index >= 15 is 0 Å². The van der Waals surface area contributed by atoms with Gasteiger partial charge >= 0.3 is 0 Å². The van der Waals surface area contributed by atoms with Crippen LogP contribution in [0.25, 0.3) is 22.3 Å². The maximum absolute atomic E-state index is 13.0. The molecular formula is C20H13FN2O2. The summed E-state index contributed by atoms with van der Waals surface area (Å²) in [6, 6.07) is 20.2. The molecule has 5 heteroatoms. The number of benzene rings is 3. The van der Waals surface area contributed by atoms with E-state index in [-0.39, 0.29) is 11.4 Å². The molecule has 0 atom stereocenters. The summed E-state index contributed by atoms with van der Waals surface area (Å²) in [4.78, 5) is 19.5. The van der Waals surface area contributed by atoms with Gasteiger partial charge in [0, 0.05) is 5.56 Å². The van der Waals surface area contributed by atoms with Crippen LogP contribution in [0.2, 0.25) is 0 Å². The number of rotatable bonds is 3. The van der Waals surface area contributed by atoms with E-state index in [4.69, 9.17) is 4.74 Å². The first kappa shape index (κ1) is 15.1. The van der Waals surface area contributed by atoms with Crippen LogP contribution in [0.1, 0.15) is 0 Å². The highest BCUT2D eigenvalue weighted by molar-refractivity contribution is 5.79. The Hall–Kier alpha value is -3.47. The zero-order chi connectivity index (χ0) is 17.2. The number of nitrogens with zero attached hydrogens (tertiary/aromatic N) is 1. The van der Waals surface area contributed by atoms with E-state index in [9.17, 15) is 9.18 Å².